The zero-order chi connectivity index (χ0) is 9.40. The fraction of sp³-hybridized carbons (Fsp3) is 0.286. The van der Waals surface area contributed by atoms with Crippen LogP contribution >= 0.6 is 0 Å². The van der Waals surface area contributed by atoms with E-state index in [1.54, 1.807) is 0 Å². The summed E-state index contributed by atoms with van der Waals surface area (Å²) in [6.07, 6.45) is 4.00. The number of rotatable bonds is 1. The molecular formula is C7H11NO3S. The van der Waals surface area contributed by atoms with Crippen molar-refractivity contribution in [3.63, 3.8) is 0 Å². The van der Waals surface area contributed by atoms with Gasteiger partial charge in [-0.05, 0) is 0 Å². The van der Waals surface area contributed by atoms with Gasteiger partial charge in [0.2, 0.25) is 0 Å². The first kappa shape index (κ1) is 11.2. The molecule has 4 nitrogen and oxygen atoms in total. The van der Waals surface area contributed by atoms with E-state index in [0.29, 0.717) is 0 Å². The molecule has 1 aromatic heterocycles. The largest absolute Gasteiger partial charge is 0.750 e. The average Bonchev–Trinajstić information content (AvgIpc) is 2.07. The minimum absolute atomic E-state index is 1.09. The summed E-state index contributed by atoms with van der Waals surface area (Å²) < 4.78 is 24.0. The van der Waals surface area contributed by atoms with Crippen LogP contribution in [0, 0.1) is 0 Å². The molecule has 0 aliphatic carbocycles. The molecule has 0 bridgehead atoms. The van der Waals surface area contributed by atoms with E-state index in [9.17, 15) is 0 Å². The van der Waals surface area contributed by atoms with Gasteiger partial charge in [-0.1, -0.05) is 6.07 Å². The van der Waals surface area contributed by atoms with Crippen molar-refractivity contribution < 1.29 is 17.5 Å². The number of aromatic nitrogens is 1. The summed E-state index contributed by atoms with van der Waals surface area (Å²) in [7, 11) is 3.09. The Morgan fingerprint density at radius 1 is 1.33 bits per heavy atom. The van der Waals surface area contributed by atoms with E-state index in [4.69, 9.17) is 8.76 Å². The highest BCUT2D eigenvalue weighted by Gasteiger charge is 1.78. The first-order valence-electron chi connectivity index (χ1n) is 3.21. The maximum absolute atomic E-state index is 9.15. The maximum atomic E-state index is 9.15. The van der Waals surface area contributed by atoms with Crippen LogP contribution in [0.4, 0.5) is 0 Å². The van der Waals surface area contributed by atoms with E-state index < -0.39 is 11.4 Å². The van der Waals surface area contributed by atoms with Crippen LogP contribution in [0.15, 0.2) is 30.6 Å². The normalized spacial score (nSPS) is 11.2. The minimum Gasteiger partial charge on any atom is -0.750 e. The SMILES string of the molecule is COS(=O)[O-].C[n+]1ccccc1. The summed E-state index contributed by atoms with van der Waals surface area (Å²) in [5, 5.41) is 0. The summed E-state index contributed by atoms with van der Waals surface area (Å²) in [4.78, 5) is 0. The lowest BCUT2D eigenvalue weighted by Crippen LogP contribution is -2.25. The van der Waals surface area contributed by atoms with Gasteiger partial charge in [0.25, 0.3) is 0 Å². The molecule has 0 amide bonds. The van der Waals surface area contributed by atoms with Gasteiger partial charge in [0.1, 0.15) is 7.05 Å². The molecule has 0 saturated carbocycles. The third-order valence-electron chi connectivity index (χ3n) is 1.00. The van der Waals surface area contributed by atoms with Crippen LogP contribution < -0.4 is 4.57 Å². The molecule has 0 N–H and O–H groups in total. The first-order valence-corrected chi connectivity index (χ1v) is 4.21. The summed E-state index contributed by atoms with van der Waals surface area (Å²) >= 11 is -2.32. The zero-order valence-electron chi connectivity index (χ0n) is 6.97. The van der Waals surface area contributed by atoms with Crippen LogP contribution in [-0.4, -0.2) is 15.9 Å². The Morgan fingerprint density at radius 2 is 1.75 bits per heavy atom. The van der Waals surface area contributed by atoms with E-state index in [-0.39, 0.29) is 0 Å². The lowest BCUT2D eigenvalue weighted by molar-refractivity contribution is -0.671. The van der Waals surface area contributed by atoms with Crippen molar-refractivity contribution >= 4 is 11.4 Å². The molecule has 5 heteroatoms. The lowest BCUT2D eigenvalue weighted by Gasteiger charge is -1.94. The van der Waals surface area contributed by atoms with Gasteiger partial charge in [-0.15, -0.1) is 0 Å². The smallest absolute Gasteiger partial charge is 0.168 e. The number of hydrogen-bond acceptors (Lipinski definition) is 3. The van der Waals surface area contributed by atoms with Crippen molar-refractivity contribution in [2.45, 2.75) is 0 Å². The Balaban J connectivity index is 0.000000217. The number of pyridine rings is 1. The predicted octanol–water partition coefficient (Wildman–Crippen LogP) is -0.0620. The standard InChI is InChI=1S/C6H8N.CH4O3S/c1-7-5-3-2-4-6-7;1-4-5(2)3/h2-6H,1H3;1H3,(H,2,3)/q+1;/p-1. The quantitative estimate of drug-likeness (QED) is 0.459. The van der Waals surface area contributed by atoms with E-state index in [2.05, 4.69) is 4.18 Å². The second-order valence-corrected chi connectivity index (χ2v) is 2.65. The molecule has 12 heavy (non-hydrogen) atoms. The molecule has 0 aromatic carbocycles. The average molecular weight is 189 g/mol. The summed E-state index contributed by atoms with van der Waals surface area (Å²) in [5.41, 5.74) is 0. The molecule has 0 fully saturated rings. The predicted molar refractivity (Wildman–Crippen MR) is 43.5 cm³/mol. The highest BCUT2D eigenvalue weighted by molar-refractivity contribution is 7.74. The van der Waals surface area contributed by atoms with Crippen molar-refractivity contribution in [3.8, 4) is 0 Å². The van der Waals surface area contributed by atoms with Crippen molar-refractivity contribution in [2.24, 2.45) is 7.05 Å². The molecule has 0 aliphatic rings. The van der Waals surface area contributed by atoms with Crippen LogP contribution in [0.2, 0.25) is 0 Å². The fourth-order valence-electron chi connectivity index (χ4n) is 0.485. The fourth-order valence-corrected chi connectivity index (χ4v) is 0.485. The topological polar surface area (TPSA) is 53.2 Å². The van der Waals surface area contributed by atoms with Gasteiger partial charge in [-0.3, -0.25) is 0 Å². The second-order valence-electron chi connectivity index (χ2n) is 1.91. The molecule has 1 heterocycles. The van der Waals surface area contributed by atoms with Crippen molar-refractivity contribution in [1.29, 1.82) is 0 Å². The van der Waals surface area contributed by atoms with E-state index in [1.807, 2.05) is 42.2 Å². The third kappa shape index (κ3) is 7.33. The number of hydrogen-bond donors (Lipinski definition) is 0. The Morgan fingerprint density at radius 3 is 1.92 bits per heavy atom. The second kappa shape index (κ2) is 6.90. The van der Waals surface area contributed by atoms with Crippen LogP contribution in [0.5, 0.6) is 0 Å². The molecule has 1 unspecified atom stereocenters. The van der Waals surface area contributed by atoms with Gasteiger partial charge in [0.05, 0.1) is 18.5 Å². The maximum Gasteiger partial charge on any atom is 0.168 e. The monoisotopic (exact) mass is 189 g/mol. The lowest BCUT2D eigenvalue weighted by atomic mass is 10.5. The zero-order valence-corrected chi connectivity index (χ0v) is 7.78. The van der Waals surface area contributed by atoms with Crippen molar-refractivity contribution in [2.75, 3.05) is 7.11 Å². The van der Waals surface area contributed by atoms with E-state index in [0.717, 1.165) is 7.11 Å². The molecule has 0 saturated heterocycles. The van der Waals surface area contributed by atoms with Crippen molar-refractivity contribution in [3.05, 3.63) is 30.6 Å². The van der Waals surface area contributed by atoms with Gasteiger partial charge in [-0.2, -0.15) is 0 Å². The van der Waals surface area contributed by atoms with Gasteiger partial charge in [0, 0.05) is 12.1 Å². The van der Waals surface area contributed by atoms with Crippen LogP contribution in [0.3, 0.4) is 0 Å². The van der Waals surface area contributed by atoms with E-state index in [1.165, 1.54) is 0 Å². The molecule has 1 atom stereocenters. The van der Waals surface area contributed by atoms with Gasteiger partial charge < -0.3 is 8.74 Å². The molecule has 68 valence electrons. The highest BCUT2D eigenvalue weighted by Crippen LogP contribution is 1.71. The Kier molecular flexibility index (Phi) is 6.45. The highest BCUT2D eigenvalue weighted by atomic mass is 32.2. The molecule has 0 spiro atoms. The summed E-state index contributed by atoms with van der Waals surface area (Å²) in [6.45, 7) is 0. The summed E-state index contributed by atoms with van der Waals surface area (Å²) in [6, 6.07) is 6.00. The van der Waals surface area contributed by atoms with Crippen molar-refractivity contribution in [1.82, 2.24) is 0 Å². The molecule has 1 rings (SSSR count). The molecule has 0 radical (unpaired) electrons. The van der Waals surface area contributed by atoms with Gasteiger partial charge in [0.15, 0.2) is 12.4 Å². The van der Waals surface area contributed by atoms with Crippen LogP contribution in [-0.2, 0) is 22.6 Å². The Bertz CT molecular complexity index is 227. The minimum atomic E-state index is -2.32. The van der Waals surface area contributed by atoms with Gasteiger partial charge >= 0.3 is 0 Å². The van der Waals surface area contributed by atoms with Crippen LogP contribution in [0.25, 0.3) is 0 Å². The molecule has 0 aliphatic heterocycles. The first-order chi connectivity index (χ1) is 5.66. The molecular weight excluding hydrogens is 178 g/mol. The number of aryl methyl sites for hydroxylation is 1. The van der Waals surface area contributed by atoms with Gasteiger partial charge in [-0.25, -0.2) is 8.78 Å². The van der Waals surface area contributed by atoms with Crippen LogP contribution in [0.1, 0.15) is 0 Å². The van der Waals surface area contributed by atoms with E-state index >= 15 is 0 Å². The third-order valence-corrected chi connectivity index (χ3v) is 1.27. The summed E-state index contributed by atoms with van der Waals surface area (Å²) in [5.74, 6) is 0. The Labute approximate surface area is 74.3 Å². The Hall–Kier alpha value is -0.780. The molecule has 1 aromatic rings. The number of nitrogens with zero attached hydrogens (tertiary/aromatic N) is 1.